The summed E-state index contributed by atoms with van der Waals surface area (Å²) in [7, 11) is 1.82. The Labute approximate surface area is 145 Å². The Kier molecular flexibility index (Phi) is 6.84. The SMILES string of the molecule is CCCC(CC1CCCCC1)C(=O)NCC(C)(O)c1cnn(C)c1. The lowest BCUT2D eigenvalue weighted by Gasteiger charge is -2.27. The molecule has 0 aliphatic heterocycles. The topological polar surface area (TPSA) is 67.2 Å². The van der Waals surface area contributed by atoms with E-state index in [0.29, 0.717) is 5.92 Å². The lowest BCUT2D eigenvalue weighted by molar-refractivity contribution is -0.127. The van der Waals surface area contributed by atoms with Crippen LogP contribution in [0.15, 0.2) is 12.4 Å². The van der Waals surface area contributed by atoms with E-state index in [9.17, 15) is 9.90 Å². The minimum Gasteiger partial charge on any atom is -0.383 e. The fourth-order valence-corrected chi connectivity index (χ4v) is 3.73. The normalized spacial score (nSPS) is 19.7. The van der Waals surface area contributed by atoms with Gasteiger partial charge in [-0.05, 0) is 25.7 Å². The van der Waals surface area contributed by atoms with Crippen LogP contribution in [0, 0.1) is 11.8 Å². The van der Waals surface area contributed by atoms with Crippen molar-refractivity contribution in [2.45, 2.75) is 70.8 Å². The number of aromatic nitrogens is 2. The van der Waals surface area contributed by atoms with Crippen molar-refractivity contribution >= 4 is 5.91 Å². The summed E-state index contributed by atoms with van der Waals surface area (Å²) < 4.78 is 1.66. The molecule has 1 aliphatic carbocycles. The van der Waals surface area contributed by atoms with Gasteiger partial charge >= 0.3 is 0 Å². The second-order valence-corrected chi connectivity index (χ2v) is 7.62. The van der Waals surface area contributed by atoms with Crippen LogP contribution in [0.2, 0.25) is 0 Å². The number of carbonyl (C=O) groups is 1. The molecule has 2 N–H and O–H groups in total. The fourth-order valence-electron chi connectivity index (χ4n) is 3.73. The Morgan fingerprint density at radius 2 is 2.17 bits per heavy atom. The summed E-state index contributed by atoms with van der Waals surface area (Å²) in [5.41, 5.74) is -0.365. The van der Waals surface area contributed by atoms with Crippen LogP contribution in [-0.4, -0.2) is 27.3 Å². The first-order valence-corrected chi connectivity index (χ1v) is 9.41. The third-order valence-electron chi connectivity index (χ3n) is 5.28. The maximum Gasteiger partial charge on any atom is 0.223 e. The summed E-state index contributed by atoms with van der Waals surface area (Å²) in [6, 6.07) is 0. The van der Waals surface area contributed by atoms with E-state index in [4.69, 9.17) is 0 Å². The second kappa shape index (κ2) is 8.65. The summed E-state index contributed by atoms with van der Waals surface area (Å²) >= 11 is 0. The van der Waals surface area contributed by atoms with Crippen LogP contribution in [0.4, 0.5) is 0 Å². The number of nitrogens with zero attached hydrogens (tertiary/aromatic N) is 2. The van der Waals surface area contributed by atoms with Gasteiger partial charge in [0.05, 0.1) is 12.7 Å². The van der Waals surface area contributed by atoms with Crippen molar-refractivity contribution in [3.05, 3.63) is 18.0 Å². The highest BCUT2D eigenvalue weighted by molar-refractivity contribution is 5.78. The van der Waals surface area contributed by atoms with Gasteiger partial charge in [0.1, 0.15) is 5.60 Å². The Hall–Kier alpha value is -1.36. The van der Waals surface area contributed by atoms with Crippen molar-refractivity contribution in [2.24, 2.45) is 18.9 Å². The minimum atomic E-state index is -1.09. The van der Waals surface area contributed by atoms with Gasteiger partial charge in [0.2, 0.25) is 5.91 Å². The molecule has 1 heterocycles. The molecule has 1 aromatic heterocycles. The summed E-state index contributed by atoms with van der Waals surface area (Å²) in [6.45, 7) is 4.08. The zero-order valence-electron chi connectivity index (χ0n) is 15.4. The van der Waals surface area contributed by atoms with Crippen LogP contribution < -0.4 is 5.32 Å². The number of hydrogen-bond acceptors (Lipinski definition) is 3. The van der Waals surface area contributed by atoms with Crippen LogP contribution in [0.25, 0.3) is 0 Å². The van der Waals surface area contributed by atoms with Gasteiger partial charge in [0.25, 0.3) is 0 Å². The molecule has 136 valence electrons. The maximum absolute atomic E-state index is 12.6. The highest BCUT2D eigenvalue weighted by Gasteiger charge is 2.28. The summed E-state index contributed by atoms with van der Waals surface area (Å²) in [6.07, 6.45) is 12.9. The third kappa shape index (κ3) is 5.33. The van der Waals surface area contributed by atoms with E-state index in [-0.39, 0.29) is 18.4 Å². The molecule has 0 saturated heterocycles. The molecule has 2 unspecified atom stereocenters. The molecule has 0 bridgehead atoms. The molecule has 2 atom stereocenters. The first-order chi connectivity index (χ1) is 11.4. The predicted molar refractivity (Wildman–Crippen MR) is 95.4 cm³/mol. The molecule has 0 aromatic carbocycles. The van der Waals surface area contributed by atoms with Crippen molar-refractivity contribution in [1.29, 1.82) is 0 Å². The van der Waals surface area contributed by atoms with Gasteiger partial charge in [-0.15, -0.1) is 0 Å². The zero-order valence-corrected chi connectivity index (χ0v) is 15.4. The van der Waals surface area contributed by atoms with Crippen molar-refractivity contribution in [2.75, 3.05) is 6.54 Å². The Morgan fingerprint density at radius 3 is 2.75 bits per heavy atom. The molecule has 24 heavy (non-hydrogen) atoms. The molecule has 1 aromatic rings. The monoisotopic (exact) mass is 335 g/mol. The van der Waals surface area contributed by atoms with E-state index in [2.05, 4.69) is 17.3 Å². The molecular formula is C19H33N3O2. The smallest absolute Gasteiger partial charge is 0.223 e. The van der Waals surface area contributed by atoms with Crippen LogP contribution in [0.1, 0.15) is 70.8 Å². The van der Waals surface area contributed by atoms with Crippen LogP contribution in [0.5, 0.6) is 0 Å². The molecule has 0 spiro atoms. The second-order valence-electron chi connectivity index (χ2n) is 7.62. The number of hydrogen-bond donors (Lipinski definition) is 2. The molecule has 0 radical (unpaired) electrons. The van der Waals surface area contributed by atoms with Gasteiger partial charge in [0.15, 0.2) is 0 Å². The number of rotatable bonds is 8. The van der Waals surface area contributed by atoms with E-state index in [0.717, 1.165) is 24.8 Å². The number of amides is 1. The molecular weight excluding hydrogens is 302 g/mol. The first-order valence-electron chi connectivity index (χ1n) is 9.41. The van der Waals surface area contributed by atoms with Gasteiger partial charge in [-0.25, -0.2) is 0 Å². The standard InChI is InChI=1S/C19H33N3O2/c1-4-8-16(11-15-9-6-5-7-10-15)18(23)20-14-19(2,24)17-12-21-22(3)13-17/h12-13,15-16,24H,4-11,14H2,1-3H3,(H,20,23). The van der Waals surface area contributed by atoms with E-state index in [1.165, 1.54) is 32.1 Å². The predicted octanol–water partition coefficient (Wildman–Crippen LogP) is 3.13. The van der Waals surface area contributed by atoms with E-state index >= 15 is 0 Å². The van der Waals surface area contributed by atoms with Gasteiger partial charge in [0, 0.05) is 24.7 Å². The lowest BCUT2D eigenvalue weighted by Crippen LogP contribution is -2.41. The van der Waals surface area contributed by atoms with Crippen molar-refractivity contribution in [3.63, 3.8) is 0 Å². The molecule has 1 fully saturated rings. The molecule has 1 aliphatic rings. The highest BCUT2D eigenvalue weighted by Crippen LogP contribution is 2.30. The van der Waals surface area contributed by atoms with E-state index < -0.39 is 5.60 Å². The fraction of sp³-hybridized carbons (Fsp3) is 0.789. The average molecular weight is 335 g/mol. The summed E-state index contributed by atoms with van der Waals surface area (Å²) in [5, 5.41) is 17.7. The molecule has 2 rings (SSSR count). The van der Waals surface area contributed by atoms with Crippen molar-refractivity contribution in [3.8, 4) is 0 Å². The summed E-state index contributed by atoms with van der Waals surface area (Å²) in [5.74, 6) is 0.856. The van der Waals surface area contributed by atoms with Crippen LogP contribution in [0.3, 0.4) is 0 Å². The Bertz CT molecular complexity index is 518. The average Bonchev–Trinajstić information content (AvgIpc) is 3.01. The molecule has 1 amide bonds. The molecule has 5 nitrogen and oxygen atoms in total. The van der Waals surface area contributed by atoms with Crippen molar-refractivity contribution in [1.82, 2.24) is 15.1 Å². The van der Waals surface area contributed by atoms with Gasteiger partial charge in [-0.2, -0.15) is 5.10 Å². The quantitative estimate of drug-likeness (QED) is 0.767. The van der Waals surface area contributed by atoms with E-state index in [1.807, 2.05) is 7.05 Å². The maximum atomic E-state index is 12.6. The lowest BCUT2D eigenvalue weighted by atomic mass is 9.81. The Balaban J connectivity index is 1.89. The first kappa shape index (κ1) is 19.0. The zero-order chi connectivity index (χ0) is 17.6. The Morgan fingerprint density at radius 1 is 1.46 bits per heavy atom. The van der Waals surface area contributed by atoms with Gasteiger partial charge in [-0.1, -0.05) is 45.4 Å². The summed E-state index contributed by atoms with van der Waals surface area (Å²) in [4.78, 5) is 12.6. The number of aliphatic hydroxyl groups is 1. The number of nitrogens with one attached hydrogen (secondary N) is 1. The van der Waals surface area contributed by atoms with Crippen LogP contribution >= 0.6 is 0 Å². The van der Waals surface area contributed by atoms with Crippen LogP contribution in [-0.2, 0) is 17.4 Å². The minimum absolute atomic E-state index is 0.0720. The highest BCUT2D eigenvalue weighted by atomic mass is 16.3. The molecule has 1 saturated carbocycles. The van der Waals surface area contributed by atoms with E-state index in [1.54, 1.807) is 24.0 Å². The van der Waals surface area contributed by atoms with Gasteiger partial charge in [-0.3, -0.25) is 9.48 Å². The molecule has 5 heteroatoms. The third-order valence-corrected chi connectivity index (χ3v) is 5.28. The number of aryl methyl sites for hydroxylation is 1. The van der Waals surface area contributed by atoms with Crippen molar-refractivity contribution < 1.29 is 9.90 Å². The van der Waals surface area contributed by atoms with Gasteiger partial charge < -0.3 is 10.4 Å². The number of carbonyl (C=O) groups excluding carboxylic acids is 1. The largest absolute Gasteiger partial charge is 0.383 e.